The minimum Gasteiger partial charge on any atom is -0.466 e. The maximum atomic E-state index is 11.2. The highest BCUT2D eigenvalue weighted by Gasteiger charge is 2.24. The molecule has 74 valence electrons. The van der Waals surface area contributed by atoms with Crippen LogP contribution < -0.4 is 0 Å². The first-order valence-electron chi connectivity index (χ1n) is 4.17. The van der Waals surface area contributed by atoms with Gasteiger partial charge in [0.1, 0.15) is 0 Å². The number of carbonyl (C=O) groups excluding carboxylic acids is 1. The van der Waals surface area contributed by atoms with Gasteiger partial charge in [0, 0.05) is 18.6 Å². The molecule has 0 saturated carbocycles. The van der Waals surface area contributed by atoms with Crippen molar-refractivity contribution in [2.45, 2.75) is 25.4 Å². The molecule has 0 aliphatic heterocycles. The summed E-state index contributed by atoms with van der Waals surface area (Å²) in [6.07, 6.45) is 2.22. The molecular formula is C9H13ClO3. The average Bonchev–Trinajstić information content (AvgIpc) is 2.17. The number of methoxy groups -OCH3 is 2. The molecule has 0 fully saturated rings. The minimum absolute atomic E-state index is 0.0941. The van der Waals surface area contributed by atoms with Crippen molar-refractivity contribution in [3.63, 3.8) is 0 Å². The molecule has 0 saturated heterocycles. The first kappa shape index (κ1) is 10.5. The van der Waals surface area contributed by atoms with E-state index in [0.717, 1.165) is 6.42 Å². The fraction of sp³-hybridized carbons (Fsp3) is 0.667. The van der Waals surface area contributed by atoms with E-state index in [1.54, 1.807) is 7.11 Å². The molecule has 0 aromatic heterocycles. The van der Waals surface area contributed by atoms with Gasteiger partial charge in [-0.25, -0.2) is 4.79 Å². The molecule has 0 aromatic carbocycles. The van der Waals surface area contributed by atoms with Crippen molar-refractivity contribution >= 4 is 17.6 Å². The number of allylic oxidation sites excluding steroid dienone is 1. The summed E-state index contributed by atoms with van der Waals surface area (Å²) >= 11 is 5.90. The Kier molecular flexibility index (Phi) is 3.75. The van der Waals surface area contributed by atoms with Gasteiger partial charge in [-0.15, -0.1) is 0 Å². The van der Waals surface area contributed by atoms with Crippen LogP contribution in [0.4, 0.5) is 0 Å². The van der Waals surface area contributed by atoms with Gasteiger partial charge in [-0.3, -0.25) is 0 Å². The lowest BCUT2D eigenvalue weighted by atomic mass is 9.96. The van der Waals surface area contributed by atoms with Crippen molar-refractivity contribution in [1.82, 2.24) is 0 Å². The van der Waals surface area contributed by atoms with Gasteiger partial charge < -0.3 is 9.47 Å². The van der Waals surface area contributed by atoms with Crippen LogP contribution >= 0.6 is 11.6 Å². The van der Waals surface area contributed by atoms with E-state index in [9.17, 15) is 4.79 Å². The molecule has 1 aliphatic carbocycles. The number of carbonyl (C=O) groups is 1. The van der Waals surface area contributed by atoms with E-state index in [-0.39, 0.29) is 12.1 Å². The van der Waals surface area contributed by atoms with Crippen molar-refractivity contribution in [2.75, 3.05) is 14.2 Å². The summed E-state index contributed by atoms with van der Waals surface area (Å²) in [6, 6.07) is 0. The van der Waals surface area contributed by atoms with Gasteiger partial charge in [-0.1, -0.05) is 11.6 Å². The number of hydrogen-bond donors (Lipinski definition) is 0. The average molecular weight is 205 g/mol. The van der Waals surface area contributed by atoms with Crippen LogP contribution in [0.3, 0.4) is 0 Å². The van der Waals surface area contributed by atoms with Crippen LogP contribution in [-0.4, -0.2) is 26.3 Å². The summed E-state index contributed by atoms with van der Waals surface area (Å²) in [5.41, 5.74) is 0.558. The Morgan fingerprint density at radius 1 is 1.54 bits per heavy atom. The molecule has 1 aliphatic rings. The van der Waals surface area contributed by atoms with Gasteiger partial charge in [-0.2, -0.15) is 0 Å². The number of halogens is 1. The summed E-state index contributed by atoms with van der Waals surface area (Å²) in [6.45, 7) is 0. The lowest BCUT2D eigenvalue weighted by molar-refractivity contribution is -0.136. The topological polar surface area (TPSA) is 35.5 Å². The zero-order valence-electron chi connectivity index (χ0n) is 7.80. The standard InChI is InChI=1S/C9H13ClO3/c1-12-6-3-4-8(10)7(5-6)9(11)13-2/h6H,3-5H2,1-2H3. The van der Waals surface area contributed by atoms with E-state index in [2.05, 4.69) is 4.74 Å². The van der Waals surface area contributed by atoms with E-state index in [4.69, 9.17) is 16.3 Å². The lowest BCUT2D eigenvalue weighted by Gasteiger charge is -2.22. The molecule has 13 heavy (non-hydrogen) atoms. The van der Waals surface area contributed by atoms with E-state index in [1.165, 1.54) is 7.11 Å². The van der Waals surface area contributed by atoms with Crippen molar-refractivity contribution in [1.29, 1.82) is 0 Å². The van der Waals surface area contributed by atoms with Crippen LogP contribution in [0.15, 0.2) is 10.6 Å². The maximum absolute atomic E-state index is 11.2. The normalized spacial score (nSPS) is 23.2. The Balaban J connectivity index is 2.74. The first-order valence-corrected chi connectivity index (χ1v) is 4.55. The first-order chi connectivity index (χ1) is 6.19. The van der Waals surface area contributed by atoms with Gasteiger partial charge >= 0.3 is 5.97 Å². The van der Waals surface area contributed by atoms with Gasteiger partial charge in [0.15, 0.2) is 0 Å². The molecule has 3 nitrogen and oxygen atoms in total. The van der Waals surface area contributed by atoms with E-state index >= 15 is 0 Å². The second kappa shape index (κ2) is 4.63. The van der Waals surface area contributed by atoms with Crippen molar-refractivity contribution < 1.29 is 14.3 Å². The molecule has 0 amide bonds. The van der Waals surface area contributed by atoms with Gasteiger partial charge in [0.05, 0.1) is 18.8 Å². The molecular weight excluding hydrogens is 192 g/mol. The predicted octanol–water partition coefficient (Wildman–Crippen LogP) is 1.85. The van der Waals surface area contributed by atoms with Crippen LogP contribution in [-0.2, 0) is 14.3 Å². The predicted molar refractivity (Wildman–Crippen MR) is 49.5 cm³/mol. The van der Waals surface area contributed by atoms with Crippen LogP contribution in [0.25, 0.3) is 0 Å². The van der Waals surface area contributed by atoms with Crippen LogP contribution in [0, 0.1) is 0 Å². The van der Waals surface area contributed by atoms with Gasteiger partial charge in [-0.05, 0) is 12.8 Å². The second-order valence-electron chi connectivity index (χ2n) is 2.98. The molecule has 0 bridgehead atoms. The summed E-state index contributed by atoms with van der Waals surface area (Å²) < 4.78 is 9.78. The molecule has 0 N–H and O–H groups in total. The molecule has 1 rings (SSSR count). The Bertz CT molecular complexity index is 235. The zero-order chi connectivity index (χ0) is 9.84. The molecule has 4 heteroatoms. The third kappa shape index (κ3) is 2.45. The Morgan fingerprint density at radius 2 is 2.23 bits per heavy atom. The third-order valence-corrected chi connectivity index (χ3v) is 2.63. The molecule has 1 unspecified atom stereocenters. The number of ether oxygens (including phenoxy) is 2. The van der Waals surface area contributed by atoms with Crippen LogP contribution in [0.5, 0.6) is 0 Å². The van der Waals surface area contributed by atoms with E-state index < -0.39 is 0 Å². The van der Waals surface area contributed by atoms with Crippen molar-refractivity contribution in [2.24, 2.45) is 0 Å². The summed E-state index contributed by atoms with van der Waals surface area (Å²) in [4.78, 5) is 11.2. The fourth-order valence-corrected chi connectivity index (χ4v) is 1.66. The highest BCUT2D eigenvalue weighted by Crippen LogP contribution is 2.29. The maximum Gasteiger partial charge on any atom is 0.334 e. The van der Waals surface area contributed by atoms with Crippen molar-refractivity contribution in [3.8, 4) is 0 Å². The highest BCUT2D eigenvalue weighted by molar-refractivity contribution is 6.31. The van der Waals surface area contributed by atoms with Gasteiger partial charge in [0.2, 0.25) is 0 Å². The minimum atomic E-state index is -0.341. The highest BCUT2D eigenvalue weighted by atomic mass is 35.5. The number of esters is 1. The van der Waals surface area contributed by atoms with Crippen LogP contribution in [0.1, 0.15) is 19.3 Å². The monoisotopic (exact) mass is 204 g/mol. The van der Waals surface area contributed by atoms with E-state index in [1.807, 2.05) is 0 Å². The molecule has 1 atom stereocenters. The summed E-state index contributed by atoms with van der Waals surface area (Å²) in [7, 11) is 2.99. The molecule has 0 heterocycles. The van der Waals surface area contributed by atoms with Crippen LogP contribution in [0.2, 0.25) is 0 Å². The molecule has 0 spiro atoms. The quantitative estimate of drug-likeness (QED) is 0.644. The third-order valence-electron chi connectivity index (χ3n) is 2.21. The Labute approximate surface area is 82.7 Å². The van der Waals surface area contributed by atoms with Gasteiger partial charge in [0.25, 0.3) is 0 Å². The summed E-state index contributed by atoms with van der Waals surface area (Å²) in [5.74, 6) is -0.341. The lowest BCUT2D eigenvalue weighted by Crippen LogP contribution is -2.21. The molecule has 0 radical (unpaired) electrons. The zero-order valence-corrected chi connectivity index (χ0v) is 8.56. The summed E-state index contributed by atoms with van der Waals surface area (Å²) in [5, 5.41) is 0.611. The SMILES string of the molecule is COC(=O)C1=C(Cl)CCC(OC)C1. The second-order valence-corrected chi connectivity index (χ2v) is 3.43. The Morgan fingerprint density at radius 3 is 2.77 bits per heavy atom. The number of hydrogen-bond acceptors (Lipinski definition) is 3. The van der Waals surface area contributed by atoms with E-state index in [0.29, 0.717) is 23.4 Å². The fourth-order valence-electron chi connectivity index (χ4n) is 1.40. The smallest absolute Gasteiger partial charge is 0.334 e. The Hall–Kier alpha value is -0.540. The van der Waals surface area contributed by atoms with Crippen molar-refractivity contribution in [3.05, 3.63) is 10.6 Å². The largest absolute Gasteiger partial charge is 0.466 e. The molecule has 0 aromatic rings. The number of rotatable bonds is 2.